The second kappa shape index (κ2) is 5.21. The second-order valence-corrected chi connectivity index (χ2v) is 4.42. The highest BCUT2D eigenvalue weighted by Gasteiger charge is 2.23. The number of carbonyl (C=O) groups excluding carboxylic acids is 1. The fourth-order valence-electron chi connectivity index (χ4n) is 2.16. The quantitative estimate of drug-likeness (QED) is 0.866. The lowest BCUT2D eigenvalue weighted by Crippen LogP contribution is -2.40. The van der Waals surface area contributed by atoms with E-state index >= 15 is 0 Å². The van der Waals surface area contributed by atoms with Crippen LogP contribution >= 0.6 is 0 Å². The molecule has 0 bridgehead atoms. The molecule has 0 saturated heterocycles. The van der Waals surface area contributed by atoms with Crippen LogP contribution in [0.25, 0.3) is 0 Å². The minimum absolute atomic E-state index is 0.200. The van der Waals surface area contributed by atoms with Gasteiger partial charge in [-0.05, 0) is 24.3 Å². The van der Waals surface area contributed by atoms with Crippen molar-refractivity contribution in [3.8, 4) is 5.75 Å². The van der Waals surface area contributed by atoms with Gasteiger partial charge in [-0.2, -0.15) is 0 Å². The molecule has 0 spiro atoms. The lowest BCUT2D eigenvalue weighted by atomic mass is 10.2. The maximum absolute atomic E-state index is 13.1. The number of carbonyl (C=O) groups is 1. The molecule has 1 aliphatic rings. The molecule has 2 aromatic rings. The maximum atomic E-state index is 13.1. The van der Waals surface area contributed by atoms with Crippen molar-refractivity contribution in [3.63, 3.8) is 0 Å². The van der Waals surface area contributed by atoms with E-state index in [-0.39, 0.29) is 5.75 Å². The molecule has 102 valence electrons. The van der Waals surface area contributed by atoms with E-state index in [1.54, 1.807) is 6.07 Å². The van der Waals surface area contributed by atoms with Gasteiger partial charge in [0.2, 0.25) is 0 Å². The van der Waals surface area contributed by atoms with Crippen LogP contribution in [0.3, 0.4) is 0 Å². The zero-order valence-electron chi connectivity index (χ0n) is 10.7. The van der Waals surface area contributed by atoms with Crippen LogP contribution in [-0.2, 0) is 0 Å². The normalized spacial score (nSPS) is 13.3. The summed E-state index contributed by atoms with van der Waals surface area (Å²) in [5.41, 5.74) is 1.65. The van der Waals surface area contributed by atoms with Crippen LogP contribution in [0.4, 0.5) is 20.6 Å². The first-order valence-corrected chi connectivity index (χ1v) is 6.32. The molecular weight excluding hydrogens is 259 g/mol. The Morgan fingerprint density at radius 2 is 2.05 bits per heavy atom. The number of nitrogens with one attached hydrogen (secondary N) is 1. The molecular formula is C15H13FN2O2. The highest BCUT2D eigenvalue weighted by atomic mass is 19.1. The molecule has 1 heterocycles. The van der Waals surface area contributed by atoms with Gasteiger partial charge in [-0.1, -0.05) is 18.2 Å². The van der Waals surface area contributed by atoms with Crippen molar-refractivity contribution in [2.75, 3.05) is 23.3 Å². The van der Waals surface area contributed by atoms with E-state index in [0.717, 1.165) is 11.4 Å². The van der Waals surface area contributed by atoms with Crippen molar-refractivity contribution >= 4 is 17.5 Å². The second-order valence-electron chi connectivity index (χ2n) is 4.42. The lowest BCUT2D eigenvalue weighted by molar-refractivity contribution is 0.207. The first kappa shape index (κ1) is 12.5. The highest BCUT2D eigenvalue weighted by Crippen LogP contribution is 2.29. The molecule has 0 unspecified atom stereocenters. The minimum atomic E-state index is -0.510. The standard InChI is InChI=1S/C15H13FN2O2/c16-11-4-3-5-12(10-11)20-15(19)18-9-8-17-13-6-1-2-7-14(13)18/h1-7,10,17H,8-9H2. The summed E-state index contributed by atoms with van der Waals surface area (Å²) in [6, 6.07) is 13.0. The zero-order valence-corrected chi connectivity index (χ0v) is 10.7. The van der Waals surface area contributed by atoms with Gasteiger partial charge in [0.1, 0.15) is 11.6 Å². The molecule has 1 N–H and O–H groups in total. The van der Waals surface area contributed by atoms with E-state index in [2.05, 4.69) is 5.32 Å². The molecule has 0 atom stereocenters. The van der Waals surface area contributed by atoms with Crippen molar-refractivity contribution in [2.45, 2.75) is 0 Å². The van der Waals surface area contributed by atoms with Gasteiger partial charge in [-0.15, -0.1) is 0 Å². The molecule has 0 radical (unpaired) electrons. The topological polar surface area (TPSA) is 41.6 Å². The number of hydrogen-bond donors (Lipinski definition) is 1. The van der Waals surface area contributed by atoms with Gasteiger partial charge >= 0.3 is 6.09 Å². The maximum Gasteiger partial charge on any atom is 0.419 e. The lowest BCUT2D eigenvalue weighted by Gasteiger charge is -2.29. The van der Waals surface area contributed by atoms with Crippen LogP contribution in [0.2, 0.25) is 0 Å². The van der Waals surface area contributed by atoms with Gasteiger partial charge in [-0.3, -0.25) is 4.90 Å². The molecule has 0 aromatic heterocycles. The summed E-state index contributed by atoms with van der Waals surface area (Å²) in [5.74, 6) is -0.234. The molecule has 0 fully saturated rings. The largest absolute Gasteiger partial charge is 0.419 e. The van der Waals surface area contributed by atoms with E-state index in [4.69, 9.17) is 4.74 Å². The van der Waals surface area contributed by atoms with Crippen LogP contribution in [-0.4, -0.2) is 19.2 Å². The summed E-state index contributed by atoms with van der Waals surface area (Å²) in [5, 5.41) is 3.21. The van der Waals surface area contributed by atoms with Gasteiger partial charge < -0.3 is 10.1 Å². The first-order chi connectivity index (χ1) is 9.74. The summed E-state index contributed by atoms with van der Waals surface area (Å²) in [6.07, 6.45) is -0.510. The number of anilines is 2. The summed E-state index contributed by atoms with van der Waals surface area (Å²) in [4.78, 5) is 13.7. The smallest absolute Gasteiger partial charge is 0.410 e. The molecule has 0 saturated carbocycles. The Morgan fingerprint density at radius 1 is 1.20 bits per heavy atom. The van der Waals surface area contributed by atoms with E-state index in [1.165, 1.54) is 23.1 Å². The number of amides is 1. The van der Waals surface area contributed by atoms with Crippen LogP contribution in [0.15, 0.2) is 48.5 Å². The van der Waals surface area contributed by atoms with E-state index in [9.17, 15) is 9.18 Å². The summed E-state index contributed by atoms with van der Waals surface area (Å²) in [7, 11) is 0. The molecule has 20 heavy (non-hydrogen) atoms. The van der Waals surface area contributed by atoms with Crippen LogP contribution in [0, 0.1) is 5.82 Å². The summed E-state index contributed by atoms with van der Waals surface area (Å²) in [6.45, 7) is 1.15. The van der Waals surface area contributed by atoms with Gasteiger partial charge in [0.15, 0.2) is 0 Å². The fourth-order valence-corrected chi connectivity index (χ4v) is 2.16. The Bertz CT molecular complexity index is 645. The van der Waals surface area contributed by atoms with E-state index in [0.29, 0.717) is 13.1 Å². The molecule has 5 heteroatoms. The Balaban J connectivity index is 1.82. The Kier molecular flexibility index (Phi) is 3.25. The number of hydrogen-bond acceptors (Lipinski definition) is 3. The van der Waals surface area contributed by atoms with Gasteiger partial charge in [-0.25, -0.2) is 9.18 Å². The van der Waals surface area contributed by atoms with Crippen LogP contribution < -0.4 is 15.0 Å². The molecule has 3 rings (SSSR count). The third kappa shape index (κ3) is 2.42. The van der Waals surface area contributed by atoms with Gasteiger partial charge in [0.25, 0.3) is 0 Å². The van der Waals surface area contributed by atoms with E-state index in [1.807, 2.05) is 24.3 Å². The average molecular weight is 272 g/mol. The van der Waals surface area contributed by atoms with Gasteiger partial charge in [0.05, 0.1) is 11.4 Å². The predicted molar refractivity (Wildman–Crippen MR) is 74.7 cm³/mol. The number of halogens is 1. The molecule has 2 aromatic carbocycles. The van der Waals surface area contributed by atoms with Crippen molar-refractivity contribution in [1.29, 1.82) is 0 Å². The zero-order chi connectivity index (χ0) is 13.9. The minimum Gasteiger partial charge on any atom is -0.410 e. The molecule has 0 aliphatic carbocycles. The molecule has 4 nitrogen and oxygen atoms in total. The van der Waals surface area contributed by atoms with Crippen molar-refractivity contribution in [2.24, 2.45) is 0 Å². The van der Waals surface area contributed by atoms with Crippen molar-refractivity contribution in [3.05, 3.63) is 54.3 Å². The predicted octanol–water partition coefficient (Wildman–Crippen LogP) is 3.26. The third-order valence-electron chi connectivity index (χ3n) is 3.07. The van der Waals surface area contributed by atoms with Crippen LogP contribution in [0.5, 0.6) is 5.75 Å². The number of rotatable bonds is 1. The Morgan fingerprint density at radius 3 is 2.90 bits per heavy atom. The molecule has 1 amide bonds. The number of benzene rings is 2. The van der Waals surface area contributed by atoms with Crippen LogP contribution in [0.1, 0.15) is 0 Å². The number of fused-ring (bicyclic) bond motifs is 1. The van der Waals surface area contributed by atoms with Gasteiger partial charge in [0, 0.05) is 19.2 Å². The Labute approximate surface area is 115 Å². The number of nitrogens with zero attached hydrogens (tertiary/aromatic N) is 1. The summed E-state index contributed by atoms with van der Waals surface area (Å²) >= 11 is 0. The van der Waals surface area contributed by atoms with E-state index < -0.39 is 11.9 Å². The highest BCUT2D eigenvalue weighted by molar-refractivity contribution is 5.94. The third-order valence-corrected chi connectivity index (χ3v) is 3.07. The molecule has 1 aliphatic heterocycles. The SMILES string of the molecule is O=C(Oc1cccc(F)c1)N1CCNc2ccccc21. The van der Waals surface area contributed by atoms with Crippen molar-refractivity contribution in [1.82, 2.24) is 0 Å². The van der Waals surface area contributed by atoms with Crippen molar-refractivity contribution < 1.29 is 13.9 Å². The number of para-hydroxylation sites is 2. The average Bonchev–Trinajstić information content (AvgIpc) is 2.46. The Hall–Kier alpha value is -2.56. The number of ether oxygens (including phenoxy) is 1. The first-order valence-electron chi connectivity index (χ1n) is 6.32. The fraction of sp³-hybridized carbons (Fsp3) is 0.133. The summed E-state index contributed by atoms with van der Waals surface area (Å²) < 4.78 is 18.3. The monoisotopic (exact) mass is 272 g/mol.